The molecule has 2 aromatic carbocycles. The number of alkyl halides is 3. The van der Waals surface area contributed by atoms with Crippen LogP contribution in [0.3, 0.4) is 0 Å². The van der Waals surface area contributed by atoms with Crippen molar-refractivity contribution in [3.05, 3.63) is 70.3 Å². The molecule has 0 unspecified atom stereocenters. The van der Waals surface area contributed by atoms with E-state index < -0.39 is 11.7 Å². The first-order chi connectivity index (χ1) is 13.8. The Kier molecular flexibility index (Phi) is 4.99. The molecule has 0 radical (unpaired) electrons. The highest BCUT2D eigenvalue weighted by molar-refractivity contribution is 7.71. The number of nitrogens with one attached hydrogen (secondary N) is 2. The molecule has 0 atom stereocenters. The van der Waals surface area contributed by atoms with E-state index in [0.717, 1.165) is 25.0 Å². The van der Waals surface area contributed by atoms with E-state index in [-0.39, 0.29) is 12.5 Å². The summed E-state index contributed by atoms with van der Waals surface area (Å²) in [4.78, 5) is 12.8. The molecule has 5 nitrogen and oxygen atoms in total. The van der Waals surface area contributed by atoms with Crippen LogP contribution in [0.25, 0.3) is 11.1 Å². The van der Waals surface area contributed by atoms with Crippen LogP contribution in [0.4, 0.5) is 13.2 Å². The monoisotopic (exact) mass is 418 g/mol. The van der Waals surface area contributed by atoms with Gasteiger partial charge >= 0.3 is 6.18 Å². The van der Waals surface area contributed by atoms with Crippen LogP contribution in [-0.2, 0) is 12.7 Å². The lowest BCUT2D eigenvalue weighted by Gasteiger charge is -2.12. The van der Waals surface area contributed by atoms with Crippen molar-refractivity contribution in [1.82, 2.24) is 20.1 Å². The largest absolute Gasteiger partial charge is 0.416 e. The number of rotatable bonds is 5. The first kappa shape index (κ1) is 19.4. The number of aromatic nitrogens is 3. The van der Waals surface area contributed by atoms with Gasteiger partial charge in [-0.25, -0.2) is 0 Å². The molecule has 0 saturated heterocycles. The van der Waals surface area contributed by atoms with Crippen LogP contribution >= 0.6 is 12.2 Å². The van der Waals surface area contributed by atoms with Gasteiger partial charge in [-0.05, 0) is 54.4 Å². The molecule has 0 bridgehead atoms. The maximum absolute atomic E-state index is 12.8. The fraction of sp³-hybridized carbons (Fsp3) is 0.250. The first-order valence-electron chi connectivity index (χ1n) is 9.05. The maximum atomic E-state index is 12.8. The third-order valence-electron chi connectivity index (χ3n) is 4.79. The second-order valence-electron chi connectivity index (χ2n) is 6.85. The van der Waals surface area contributed by atoms with Gasteiger partial charge < -0.3 is 5.32 Å². The molecule has 1 aliphatic carbocycles. The second-order valence-corrected chi connectivity index (χ2v) is 7.24. The van der Waals surface area contributed by atoms with Gasteiger partial charge in [0.2, 0.25) is 0 Å². The molecule has 4 rings (SSSR count). The minimum absolute atomic E-state index is 0.198. The van der Waals surface area contributed by atoms with Crippen LogP contribution in [0, 0.1) is 4.77 Å². The minimum atomic E-state index is -4.40. The Balaban J connectivity index is 1.55. The van der Waals surface area contributed by atoms with Crippen molar-refractivity contribution in [2.75, 3.05) is 0 Å². The molecule has 1 saturated carbocycles. The molecule has 3 aromatic rings. The maximum Gasteiger partial charge on any atom is 0.416 e. The molecule has 9 heteroatoms. The summed E-state index contributed by atoms with van der Waals surface area (Å²) < 4.78 is 40.9. The topological polar surface area (TPSA) is 62.7 Å². The molecule has 1 amide bonds. The molecule has 1 aromatic heterocycles. The third-order valence-corrected chi connectivity index (χ3v) is 5.08. The summed E-state index contributed by atoms with van der Waals surface area (Å²) in [5.41, 5.74) is 0.731. The highest BCUT2D eigenvalue weighted by Gasteiger charge is 2.30. The average molecular weight is 418 g/mol. The zero-order valence-electron chi connectivity index (χ0n) is 15.2. The predicted molar refractivity (Wildman–Crippen MR) is 104 cm³/mol. The lowest BCUT2D eigenvalue weighted by atomic mass is 9.98. The molecule has 1 fully saturated rings. The van der Waals surface area contributed by atoms with Crippen LogP contribution in [0.15, 0.2) is 48.5 Å². The van der Waals surface area contributed by atoms with E-state index in [1.54, 1.807) is 24.3 Å². The lowest BCUT2D eigenvalue weighted by Crippen LogP contribution is -2.25. The minimum Gasteiger partial charge on any atom is -0.345 e. The van der Waals surface area contributed by atoms with Gasteiger partial charge in [-0.3, -0.25) is 14.5 Å². The fourth-order valence-corrected chi connectivity index (χ4v) is 3.50. The molecule has 29 heavy (non-hydrogen) atoms. The predicted octanol–water partition coefficient (Wildman–Crippen LogP) is 4.89. The van der Waals surface area contributed by atoms with Gasteiger partial charge in [0.1, 0.15) is 0 Å². The smallest absolute Gasteiger partial charge is 0.345 e. The Morgan fingerprint density at radius 1 is 1.17 bits per heavy atom. The van der Waals surface area contributed by atoms with Crippen molar-refractivity contribution in [1.29, 1.82) is 0 Å². The van der Waals surface area contributed by atoms with Crippen molar-refractivity contribution in [3.63, 3.8) is 0 Å². The van der Waals surface area contributed by atoms with Gasteiger partial charge in [0, 0.05) is 11.6 Å². The summed E-state index contributed by atoms with van der Waals surface area (Å²) in [5, 5.41) is 9.76. The number of amides is 1. The summed E-state index contributed by atoms with van der Waals surface area (Å²) in [5.74, 6) is 0.314. The Labute approximate surface area is 169 Å². The Morgan fingerprint density at radius 2 is 1.86 bits per heavy atom. The van der Waals surface area contributed by atoms with Crippen LogP contribution in [-0.4, -0.2) is 20.7 Å². The highest BCUT2D eigenvalue weighted by atomic mass is 32.1. The second kappa shape index (κ2) is 7.47. The summed E-state index contributed by atoms with van der Waals surface area (Å²) in [6.45, 7) is 0.198. The molecule has 2 N–H and O–H groups in total. The molecular formula is C20H17F3N4OS. The first-order valence-corrected chi connectivity index (χ1v) is 9.46. The normalized spacial score (nSPS) is 14.0. The standard InChI is InChI=1S/C20H17F3N4OS/c21-20(22,23)13-7-5-12(6-8-13)15-3-1-2-4-16(15)18(28)24-11-17-25-26-19(29)27(17)14-9-10-14/h1-8,14H,9-11H2,(H,24,28)(H,26,29). The van der Waals surface area contributed by atoms with Crippen LogP contribution in [0.2, 0.25) is 0 Å². The van der Waals surface area contributed by atoms with Gasteiger partial charge in [-0.15, -0.1) is 0 Å². The van der Waals surface area contributed by atoms with Gasteiger partial charge in [-0.1, -0.05) is 30.3 Å². The van der Waals surface area contributed by atoms with E-state index in [0.29, 0.717) is 33.3 Å². The Morgan fingerprint density at radius 3 is 2.52 bits per heavy atom. The number of carbonyl (C=O) groups excluding carboxylic acids is 1. The zero-order chi connectivity index (χ0) is 20.6. The number of hydrogen-bond donors (Lipinski definition) is 2. The van der Waals surface area contributed by atoms with Gasteiger partial charge in [0.05, 0.1) is 12.1 Å². The van der Waals surface area contributed by atoms with Gasteiger partial charge in [0.15, 0.2) is 10.6 Å². The van der Waals surface area contributed by atoms with Crippen molar-refractivity contribution in [2.24, 2.45) is 0 Å². The van der Waals surface area contributed by atoms with Crippen molar-refractivity contribution >= 4 is 18.1 Å². The van der Waals surface area contributed by atoms with Gasteiger partial charge in [-0.2, -0.15) is 18.3 Å². The highest BCUT2D eigenvalue weighted by Crippen LogP contribution is 2.36. The summed E-state index contributed by atoms with van der Waals surface area (Å²) in [7, 11) is 0. The van der Waals surface area contributed by atoms with E-state index in [4.69, 9.17) is 12.2 Å². The SMILES string of the molecule is O=C(NCc1n[nH]c(=S)n1C1CC1)c1ccccc1-c1ccc(C(F)(F)F)cc1. The Hall–Kier alpha value is -2.94. The number of carbonyl (C=O) groups is 1. The fourth-order valence-electron chi connectivity index (χ4n) is 3.20. The lowest BCUT2D eigenvalue weighted by molar-refractivity contribution is -0.137. The third kappa shape index (κ3) is 4.09. The van der Waals surface area contributed by atoms with Crippen LogP contribution in [0.5, 0.6) is 0 Å². The average Bonchev–Trinajstić information content (AvgIpc) is 3.48. The van der Waals surface area contributed by atoms with E-state index in [1.165, 1.54) is 12.1 Å². The molecule has 0 spiro atoms. The molecule has 1 aliphatic rings. The number of aromatic amines is 1. The molecule has 150 valence electrons. The summed E-state index contributed by atoms with van der Waals surface area (Å²) in [6, 6.07) is 11.9. The number of benzene rings is 2. The van der Waals surface area contributed by atoms with Crippen molar-refractivity contribution in [3.8, 4) is 11.1 Å². The molecule has 0 aliphatic heterocycles. The number of H-pyrrole nitrogens is 1. The van der Waals surface area contributed by atoms with E-state index in [9.17, 15) is 18.0 Å². The van der Waals surface area contributed by atoms with Crippen LogP contribution in [0.1, 0.15) is 40.6 Å². The van der Waals surface area contributed by atoms with E-state index in [2.05, 4.69) is 15.5 Å². The number of halogens is 3. The zero-order valence-corrected chi connectivity index (χ0v) is 16.0. The van der Waals surface area contributed by atoms with Crippen molar-refractivity contribution < 1.29 is 18.0 Å². The van der Waals surface area contributed by atoms with Gasteiger partial charge in [0.25, 0.3) is 5.91 Å². The van der Waals surface area contributed by atoms with Crippen molar-refractivity contribution in [2.45, 2.75) is 31.6 Å². The number of hydrogen-bond acceptors (Lipinski definition) is 3. The Bertz CT molecular complexity index is 1100. The molecule has 1 heterocycles. The van der Waals surface area contributed by atoms with Crippen LogP contribution < -0.4 is 5.32 Å². The number of nitrogens with zero attached hydrogens (tertiary/aromatic N) is 2. The summed E-state index contributed by atoms with van der Waals surface area (Å²) in [6.07, 6.45) is -2.34. The summed E-state index contributed by atoms with van der Waals surface area (Å²) >= 11 is 5.24. The molecular weight excluding hydrogens is 401 g/mol. The van der Waals surface area contributed by atoms with E-state index in [1.807, 2.05) is 4.57 Å². The van der Waals surface area contributed by atoms with E-state index >= 15 is 0 Å². The quantitative estimate of drug-likeness (QED) is 0.580.